The van der Waals surface area contributed by atoms with E-state index in [2.05, 4.69) is 28.0 Å². The van der Waals surface area contributed by atoms with Gasteiger partial charge in [0.25, 0.3) is 5.91 Å². The van der Waals surface area contributed by atoms with E-state index in [0.29, 0.717) is 21.5 Å². The van der Waals surface area contributed by atoms with Crippen molar-refractivity contribution < 1.29 is 4.79 Å². The molecule has 1 aromatic carbocycles. The summed E-state index contributed by atoms with van der Waals surface area (Å²) in [6, 6.07) is 9.49. The van der Waals surface area contributed by atoms with E-state index < -0.39 is 0 Å². The molecule has 2 aromatic rings. The molecule has 2 aliphatic rings. The standard InChI is InChI=1S/C20H22Cl2N4O/c21-16-5-4-14(11-17(16)22)20(27)26-10-2-1-3-18(26)19-15(12-24-25-19)13-6-8-23-9-7-13/h4-9,11,15,18-19,24-25H,1-3,10,12H2. The first-order valence-corrected chi connectivity index (χ1v) is 10.0. The van der Waals surface area contributed by atoms with Crippen LogP contribution in [0.15, 0.2) is 42.7 Å². The SMILES string of the molecule is O=C(c1ccc(Cl)c(Cl)c1)N1CCCCC1C1NNCC1c1ccncc1. The highest BCUT2D eigenvalue weighted by molar-refractivity contribution is 6.42. The van der Waals surface area contributed by atoms with E-state index >= 15 is 0 Å². The number of nitrogens with zero attached hydrogens (tertiary/aromatic N) is 2. The Balaban J connectivity index is 1.60. The summed E-state index contributed by atoms with van der Waals surface area (Å²) in [6.07, 6.45) is 6.77. The van der Waals surface area contributed by atoms with Gasteiger partial charge in [0, 0.05) is 49.0 Å². The van der Waals surface area contributed by atoms with Crippen LogP contribution in [0.5, 0.6) is 0 Å². The maximum absolute atomic E-state index is 13.2. The number of hydrogen-bond donors (Lipinski definition) is 2. The topological polar surface area (TPSA) is 57.3 Å². The number of benzene rings is 1. The van der Waals surface area contributed by atoms with Crippen molar-refractivity contribution in [2.24, 2.45) is 0 Å². The molecule has 0 saturated carbocycles. The van der Waals surface area contributed by atoms with Crippen molar-refractivity contribution in [1.29, 1.82) is 0 Å². The van der Waals surface area contributed by atoms with Crippen LogP contribution in [-0.2, 0) is 0 Å². The molecule has 5 nitrogen and oxygen atoms in total. The van der Waals surface area contributed by atoms with Crippen molar-refractivity contribution in [3.05, 3.63) is 63.9 Å². The normalized spacial score (nSPS) is 25.6. The second kappa shape index (κ2) is 8.15. The Morgan fingerprint density at radius 3 is 2.70 bits per heavy atom. The van der Waals surface area contributed by atoms with Crippen LogP contribution in [0.25, 0.3) is 0 Å². The fourth-order valence-corrected chi connectivity index (χ4v) is 4.49. The maximum Gasteiger partial charge on any atom is 0.254 e. The number of hydrogen-bond acceptors (Lipinski definition) is 4. The zero-order valence-corrected chi connectivity index (χ0v) is 16.4. The molecule has 2 fully saturated rings. The van der Waals surface area contributed by atoms with Gasteiger partial charge in [-0.3, -0.25) is 20.6 Å². The molecule has 3 heterocycles. The second-order valence-corrected chi connectivity index (χ2v) is 7.94. The summed E-state index contributed by atoms with van der Waals surface area (Å²) in [6.45, 7) is 1.59. The Hall–Kier alpha value is -1.66. The lowest BCUT2D eigenvalue weighted by Crippen LogP contribution is -2.55. The minimum absolute atomic E-state index is 0.0143. The third kappa shape index (κ3) is 3.83. The van der Waals surface area contributed by atoms with Crippen molar-refractivity contribution in [3.8, 4) is 0 Å². The summed E-state index contributed by atoms with van der Waals surface area (Å²) < 4.78 is 0. The molecule has 0 bridgehead atoms. The van der Waals surface area contributed by atoms with Crippen LogP contribution in [0.2, 0.25) is 10.0 Å². The van der Waals surface area contributed by atoms with E-state index in [1.807, 2.05) is 17.3 Å². The van der Waals surface area contributed by atoms with Crippen molar-refractivity contribution in [3.63, 3.8) is 0 Å². The zero-order chi connectivity index (χ0) is 18.8. The van der Waals surface area contributed by atoms with Gasteiger partial charge in [0.05, 0.1) is 10.0 Å². The first-order valence-electron chi connectivity index (χ1n) is 9.29. The Labute approximate surface area is 169 Å². The molecule has 2 N–H and O–H groups in total. The van der Waals surface area contributed by atoms with Crippen molar-refractivity contribution in [1.82, 2.24) is 20.7 Å². The number of pyridine rings is 1. The lowest BCUT2D eigenvalue weighted by atomic mass is 9.84. The van der Waals surface area contributed by atoms with Crippen LogP contribution in [-0.4, -0.2) is 41.0 Å². The fraction of sp³-hybridized carbons (Fsp3) is 0.400. The molecule has 1 aromatic heterocycles. The summed E-state index contributed by atoms with van der Waals surface area (Å²) in [7, 11) is 0. The largest absolute Gasteiger partial charge is 0.334 e. The number of rotatable bonds is 3. The number of carbonyl (C=O) groups excluding carboxylic acids is 1. The zero-order valence-electron chi connectivity index (χ0n) is 14.9. The highest BCUT2D eigenvalue weighted by Gasteiger charge is 2.40. The molecule has 0 radical (unpaired) electrons. The third-order valence-electron chi connectivity index (χ3n) is 5.55. The minimum Gasteiger partial charge on any atom is -0.334 e. The van der Waals surface area contributed by atoms with Gasteiger partial charge in [0.15, 0.2) is 0 Å². The predicted octanol–water partition coefficient (Wildman–Crippen LogP) is 3.64. The molecule has 1 amide bonds. The maximum atomic E-state index is 13.2. The van der Waals surface area contributed by atoms with E-state index in [-0.39, 0.29) is 18.0 Å². The highest BCUT2D eigenvalue weighted by atomic mass is 35.5. The lowest BCUT2D eigenvalue weighted by molar-refractivity contribution is 0.0550. The molecule has 7 heteroatoms. The van der Waals surface area contributed by atoms with Gasteiger partial charge in [-0.2, -0.15) is 0 Å². The first kappa shape index (κ1) is 18.7. The summed E-state index contributed by atoms with van der Waals surface area (Å²) in [5.41, 5.74) is 8.53. The fourth-order valence-electron chi connectivity index (χ4n) is 4.19. The smallest absolute Gasteiger partial charge is 0.254 e. The number of halogens is 2. The Morgan fingerprint density at radius 2 is 1.93 bits per heavy atom. The molecule has 0 aliphatic carbocycles. The number of carbonyl (C=O) groups is 1. The summed E-state index contributed by atoms with van der Waals surface area (Å²) in [5.74, 6) is 0.306. The van der Waals surface area contributed by atoms with Crippen LogP contribution in [0.3, 0.4) is 0 Å². The van der Waals surface area contributed by atoms with Crippen LogP contribution >= 0.6 is 23.2 Å². The number of aromatic nitrogens is 1. The number of piperidine rings is 1. The number of nitrogens with one attached hydrogen (secondary N) is 2. The Bertz CT molecular complexity index is 817. The monoisotopic (exact) mass is 404 g/mol. The van der Waals surface area contributed by atoms with Crippen LogP contribution in [0.1, 0.15) is 41.1 Å². The first-order chi connectivity index (χ1) is 13.1. The van der Waals surface area contributed by atoms with E-state index in [1.165, 1.54) is 5.56 Å². The van der Waals surface area contributed by atoms with Crippen LogP contribution in [0, 0.1) is 0 Å². The van der Waals surface area contributed by atoms with Gasteiger partial charge in [0.1, 0.15) is 0 Å². The van der Waals surface area contributed by atoms with Crippen molar-refractivity contribution >= 4 is 29.1 Å². The molecular weight excluding hydrogens is 383 g/mol. The number of amides is 1. The van der Waals surface area contributed by atoms with E-state index in [9.17, 15) is 4.79 Å². The van der Waals surface area contributed by atoms with Gasteiger partial charge in [-0.1, -0.05) is 23.2 Å². The van der Waals surface area contributed by atoms with Gasteiger partial charge in [-0.15, -0.1) is 0 Å². The Kier molecular flexibility index (Phi) is 5.64. The van der Waals surface area contributed by atoms with Gasteiger partial charge < -0.3 is 4.90 Å². The summed E-state index contributed by atoms with van der Waals surface area (Å²) in [4.78, 5) is 19.4. The average molecular weight is 405 g/mol. The summed E-state index contributed by atoms with van der Waals surface area (Å²) in [5, 5.41) is 0.870. The van der Waals surface area contributed by atoms with E-state index in [1.54, 1.807) is 18.2 Å². The van der Waals surface area contributed by atoms with Crippen LogP contribution < -0.4 is 10.9 Å². The number of likely N-dealkylation sites (tertiary alicyclic amines) is 1. The minimum atomic E-state index is 0.0143. The third-order valence-corrected chi connectivity index (χ3v) is 6.29. The van der Waals surface area contributed by atoms with Gasteiger partial charge in [-0.25, -0.2) is 0 Å². The average Bonchev–Trinajstić information content (AvgIpc) is 3.20. The van der Waals surface area contributed by atoms with E-state index in [0.717, 1.165) is 32.4 Å². The van der Waals surface area contributed by atoms with E-state index in [4.69, 9.17) is 23.2 Å². The molecule has 3 atom stereocenters. The molecule has 3 unspecified atom stereocenters. The molecular formula is C20H22Cl2N4O. The molecule has 0 spiro atoms. The van der Waals surface area contributed by atoms with Crippen molar-refractivity contribution in [2.75, 3.05) is 13.1 Å². The predicted molar refractivity (Wildman–Crippen MR) is 107 cm³/mol. The van der Waals surface area contributed by atoms with Crippen LogP contribution in [0.4, 0.5) is 0 Å². The number of hydrazine groups is 1. The highest BCUT2D eigenvalue weighted by Crippen LogP contribution is 2.32. The molecule has 27 heavy (non-hydrogen) atoms. The second-order valence-electron chi connectivity index (χ2n) is 7.13. The van der Waals surface area contributed by atoms with Gasteiger partial charge in [0.2, 0.25) is 0 Å². The molecule has 142 valence electrons. The summed E-state index contributed by atoms with van der Waals surface area (Å²) >= 11 is 12.1. The molecule has 4 rings (SSSR count). The lowest BCUT2D eigenvalue weighted by Gasteiger charge is -2.41. The van der Waals surface area contributed by atoms with Crippen molar-refractivity contribution in [2.45, 2.75) is 37.3 Å². The molecule has 2 saturated heterocycles. The van der Waals surface area contributed by atoms with Gasteiger partial charge >= 0.3 is 0 Å². The molecule has 2 aliphatic heterocycles. The van der Waals surface area contributed by atoms with Gasteiger partial charge in [-0.05, 0) is 55.2 Å². The quantitative estimate of drug-likeness (QED) is 0.819. The Morgan fingerprint density at radius 1 is 1.11 bits per heavy atom.